The summed E-state index contributed by atoms with van der Waals surface area (Å²) in [6.45, 7) is 0.719. The molecule has 0 spiro atoms. The molecule has 0 saturated carbocycles. The van der Waals surface area contributed by atoms with Gasteiger partial charge in [0.2, 0.25) is 5.91 Å². The zero-order chi connectivity index (χ0) is 12.4. The van der Waals surface area contributed by atoms with Crippen molar-refractivity contribution in [3.05, 3.63) is 0 Å². The highest BCUT2D eigenvalue weighted by Gasteiger charge is 2.32. The van der Waals surface area contributed by atoms with Gasteiger partial charge in [-0.3, -0.25) is 14.4 Å². The lowest BCUT2D eigenvalue weighted by molar-refractivity contribution is -0.144. The van der Waals surface area contributed by atoms with Gasteiger partial charge in [0.25, 0.3) is 5.91 Å². The molecule has 0 aliphatic carbocycles. The molecule has 1 fully saturated rings. The van der Waals surface area contributed by atoms with Gasteiger partial charge in [-0.1, -0.05) is 0 Å². The predicted molar refractivity (Wildman–Crippen MR) is 57.1 cm³/mol. The molecule has 1 saturated heterocycles. The van der Waals surface area contributed by atoms with Crippen LogP contribution in [0.1, 0.15) is 19.3 Å². The van der Waals surface area contributed by atoms with Crippen molar-refractivity contribution in [2.75, 3.05) is 13.1 Å². The van der Waals surface area contributed by atoms with Gasteiger partial charge in [-0.25, -0.2) is 5.43 Å². The first-order valence-corrected chi connectivity index (χ1v) is 5.45. The van der Waals surface area contributed by atoms with E-state index < -0.39 is 11.9 Å². The molecule has 2 rings (SSSR count). The number of carbonyl (C=O) groups excluding carboxylic acids is 2. The smallest absolute Gasteiger partial charge is 0.308 e. The minimum Gasteiger partial charge on any atom is -0.481 e. The van der Waals surface area contributed by atoms with Crippen LogP contribution in [0.4, 0.5) is 0 Å². The Balaban J connectivity index is 2.00. The SMILES string of the molecule is O=C1CC(C(=O)N2CCCC(C(=O)O)C2)=NN1. The lowest BCUT2D eigenvalue weighted by atomic mass is 9.98. The molecule has 2 N–H and O–H groups in total. The summed E-state index contributed by atoms with van der Waals surface area (Å²) < 4.78 is 0. The van der Waals surface area contributed by atoms with Crippen molar-refractivity contribution in [2.45, 2.75) is 19.3 Å². The third-order valence-corrected chi connectivity index (χ3v) is 2.95. The molecule has 17 heavy (non-hydrogen) atoms. The molecule has 2 aliphatic heterocycles. The van der Waals surface area contributed by atoms with E-state index in [-0.39, 0.29) is 30.5 Å². The molecule has 7 nitrogen and oxygen atoms in total. The first-order chi connectivity index (χ1) is 8.08. The molecular formula is C10H13N3O4. The molecule has 1 unspecified atom stereocenters. The minimum absolute atomic E-state index is 0.0208. The number of aliphatic carboxylic acids is 1. The highest BCUT2D eigenvalue weighted by molar-refractivity contribution is 6.43. The van der Waals surface area contributed by atoms with Gasteiger partial charge in [0.15, 0.2) is 0 Å². The van der Waals surface area contributed by atoms with Crippen molar-refractivity contribution < 1.29 is 19.5 Å². The number of carboxylic acid groups (broad SMARTS) is 1. The summed E-state index contributed by atoms with van der Waals surface area (Å²) in [7, 11) is 0. The number of piperidine rings is 1. The van der Waals surface area contributed by atoms with Gasteiger partial charge in [-0.05, 0) is 12.8 Å². The van der Waals surface area contributed by atoms with E-state index in [1.807, 2.05) is 0 Å². The summed E-state index contributed by atoms with van der Waals surface area (Å²) in [6, 6.07) is 0. The molecule has 2 heterocycles. The largest absolute Gasteiger partial charge is 0.481 e. The van der Waals surface area contributed by atoms with Crippen LogP contribution in [0.2, 0.25) is 0 Å². The van der Waals surface area contributed by atoms with Gasteiger partial charge < -0.3 is 10.0 Å². The first kappa shape index (κ1) is 11.6. The molecule has 0 radical (unpaired) electrons. The second-order valence-corrected chi connectivity index (χ2v) is 4.20. The third-order valence-electron chi connectivity index (χ3n) is 2.95. The summed E-state index contributed by atoms with van der Waals surface area (Å²) in [6.07, 6.45) is 1.23. The number of carboxylic acids is 1. The van der Waals surface area contributed by atoms with Gasteiger partial charge in [0, 0.05) is 13.1 Å². The highest BCUT2D eigenvalue weighted by Crippen LogP contribution is 2.17. The van der Waals surface area contributed by atoms with Crippen molar-refractivity contribution in [3.8, 4) is 0 Å². The topological polar surface area (TPSA) is 99.1 Å². The molecular weight excluding hydrogens is 226 g/mol. The summed E-state index contributed by atoms with van der Waals surface area (Å²) in [5.41, 5.74) is 2.38. The van der Waals surface area contributed by atoms with E-state index in [0.29, 0.717) is 19.4 Å². The summed E-state index contributed by atoms with van der Waals surface area (Å²) in [5.74, 6) is -2.04. The fraction of sp³-hybridized carbons (Fsp3) is 0.600. The zero-order valence-electron chi connectivity index (χ0n) is 9.18. The molecule has 0 bridgehead atoms. The fourth-order valence-corrected chi connectivity index (χ4v) is 2.03. The number of hydrazone groups is 1. The molecule has 0 aromatic rings. The van der Waals surface area contributed by atoms with Crippen molar-refractivity contribution >= 4 is 23.5 Å². The van der Waals surface area contributed by atoms with Crippen LogP contribution in [0.5, 0.6) is 0 Å². The van der Waals surface area contributed by atoms with Crippen LogP contribution >= 0.6 is 0 Å². The average Bonchev–Trinajstić information content (AvgIpc) is 2.75. The Kier molecular flexibility index (Phi) is 3.08. The molecule has 1 atom stereocenters. The van der Waals surface area contributed by atoms with E-state index in [0.717, 1.165) is 0 Å². The fourth-order valence-electron chi connectivity index (χ4n) is 2.03. The molecule has 92 valence electrons. The van der Waals surface area contributed by atoms with Crippen molar-refractivity contribution in [1.82, 2.24) is 10.3 Å². The highest BCUT2D eigenvalue weighted by atomic mass is 16.4. The maximum absolute atomic E-state index is 11.9. The Labute approximate surface area is 97.5 Å². The number of hydrogen-bond acceptors (Lipinski definition) is 4. The van der Waals surface area contributed by atoms with Crippen LogP contribution in [0, 0.1) is 5.92 Å². The van der Waals surface area contributed by atoms with Crippen LogP contribution in [0.15, 0.2) is 5.10 Å². The standard InChI is InChI=1S/C10H13N3O4/c14-8-4-7(11-12-8)9(15)13-3-1-2-6(5-13)10(16)17/h6H,1-5H2,(H,12,14)(H,16,17). The van der Waals surface area contributed by atoms with Gasteiger partial charge in [0.1, 0.15) is 5.71 Å². The van der Waals surface area contributed by atoms with E-state index in [9.17, 15) is 14.4 Å². The van der Waals surface area contributed by atoms with Crippen molar-refractivity contribution in [1.29, 1.82) is 0 Å². The Morgan fingerprint density at radius 3 is 2.82 bits per heavy atom. The van der Waals surface area contributed by atoms with Crippen LogP contribution < -0.4 is 5.43 Å². The Bertz CT molecular complexity index is 404. The van der Waals surface area contributed by atoms with Crippen LogP contribution in [-0.2, 0) is 14.4 Å². The third kappa shape index (κ3) is 2.43. The number of hydrogen-bond donors (Lipinski definition) is 2. The van der Waals surface area contributed by atoms with E-state index >= 15 is 0 Å². The molecule has 7 heteroatoms. The van der Waals surface area contributed by atoms with Gasteiger partial charge in [0.05, 0.1) is 12.3 Å². The van der Waals surface area contributed by atoms with E-state index in [1.54, 1.807) is 0 Å². The normalized spacial score (nSPS) is 24.2. The number of nitrogens with zero attached hydrogens (tertiary/aromatic N) is 2. The Morgan fingerprint density at radius 2 is 2.24 bits per heavy atom. The lowest BCUT2D eigenvalue weighted by Gasteiger charge is -2.30. The van der Waals surface area contributed by atoms with E-state index in [2.05, 4.69) is 10.5 Å². The van der Waals surface area contributed by atoms with Crippen LogP contribution in [0.25, 0.3) is 0 Å². The summed E-state index contributed by atoms with van der Waals surface area (Å²) >= 11 is 0. The molecule has 0 aromatic heterocycles. The molecule has 0 aromatic carbocycles. The van der Waals surface area contributed by atoms with Gasteiger partial charge in [-0.15, -0.1) is 0 Å². The molecule has 2 aliphatic rings. The van der Waals surface area contributed by atoms with Crippen molar-refractivity contribution in [3.63, 3.8) is 0 Å². The first-order valence-electron chi connectivity index (χ1n) is 5.45. The van der Waals surface area contributed by atoms with E-state index in [4.69, 9.17) is 5.11 Å². The van der Waals surface area contributed by atoms with Gasteiger partial charge >= 0.3 is 5.97 Å². The second-order valence-electron chi connectivity index (χ2n) is 4.20. The van der Waals surface area contributed by atoms with Crippen molar-refractivity contribution in [2.24, 2.45) is 11.0 Å². The number of amides is 2. The number of carbonyl (C=O) groups is 3. The lowest BCUT2D eigenvalue weighted by Crippen LogP contribution is -2.45. The summed E-state index contributed by atoms with van der Waals surface area (Å²) in [4.78, 5) is 35.2. The zero-order valence-corrected chi connectivity index (χ0v) is 9.18. The molecule has 2 amide bonds. The van der Waals surface area contributed by atoms with Crippen LogP contribution in [-0.4, -0.2) is 46.6 Å². The monoisotopic (exact) mass is 239 g/mol. The van der Waals surface area contributed by atoms with E-state index in [1.165, 1.54) is 4.90 Å². The number of likely N-dealkylation sites (tertiary alicyclic amines) is 1. The second kappa shape index (κ2) is 4.52. The average molecular weight is 239 g/mol. The quantitative estimate of drug-likeness (QED) is 0.658. The maximum atomic E-state index is 11.9. The Hall–Kier alpha value is -1.92. The minimum atomic E-state index is -0.884. The maximum Gasteiger partial charge on any atom is 0.308 e. The van der Waals surface area contributed by atoms with Gasteiger partial charge in [-0.2, -0.15) is 5.10 Å². The summed E-state index contributed by atoms with van der Waals surface area (Å²) in [5, 5.41) is 12.6. The number of rotatable bonds is 2. The Morgan fingerprint density at radius 1 is 1.47 bits per heavy atom. The predicted octanol–water partition coefficient (Wildman–Crippen LogP) is -0.814. The van der Waals surface area contributed by atoms with Crippen LogP contribution in [0.3, 0.4) is 0 Å². The number of nitrogens with one attached hydrogen (secondary N) is 1.